The van der Waals surface area contributed by atoms with Gasteiger partial charge in [-0.2, -0.15) is 0 Å². The molecule has 1 N–H and O–H groups in total. The van der Waals surface area contributed by atoms with Crippen LogP contribution in [0.4, 0.5) is 0 Å². The van der Waals surface area contributed by atoms with Crippen molar-refractivity contribution < 1.29 is 9.90 Å². The van der Waals surface area contributed by atoms with E-state index in [9.17, 15) is 4.79 Å². The molecule has 0 amide bonds. The summed E-state index contributed by atoms with van der Waals surface area (Å²) in [5.41, 5.74) is 1.52. The van der Waals surface area contributed by atoms with E-state index in [-0.39, 0.29) is 0 Å². The molecule has 1 radical (unpaired) electrons. The molecule has 0 aliphatic rings. The molecule has 0 fully saturated rings. The van der Waals surface area contributed by atoms with E-state index >= 15 is 0 Å². The second-order valence-corrected chi connectivity index (χ2v) is 4.31. The number of carboxylic acids is 1. The molecular formula is C14H19O2. The number of carbonyl (C=O) groups is 1. The molecule has 0 saturated carbocycles. The predicted octanol–water partition coefficient (Wildman–Crippen LogP) is 3.76. The molecule has 0 atom stereocenters. The fraction of sp³-hybridized carbons (Fsp3) is 0.429. The number of hydrogen-bond donors (Lipinski definition) is 1. The Morgan fingerprint density at radius 2 is 1.69 bits per heavy atom. The zero-order chi connectivity index (χ0) is 12.1. The highest BCUT2D eigenvalue weighted by atomic mass is 16.4. The average molecular weight is 219 g/mol. The van der Waals surface area contributed by atoms with Gasteiger partial charge >= 0.3 is 5.97 Å². The van der Waals surface area contributed by atoms with Gasteiger partial charge in [-0.05, 0) is 30.0 Å². The molecule has 0 bridgehead atoms. The van der Waals surface area contributed by atoms with Crippen molar-refractivity contribution in [1.82, 2.24) is 0 Å². The molecule has 1 aromatic rings. The van der Waals surface area contributed by atoms with Crippen LogP contribution < -0.4 is 0 Å². The largest absolute Gasteiger partial charge is 0.478 e. The van der Waals surface area contributed by atoms with Crippen LogP contribution in [0.5, 0.6) is 0 Å². The molecule has 0 saturated heterocycles. The summed E-state index contributed by atoms with van der Waals surface area (Å²) in [6.07, 6.45) is 2.19. The quantitative estimate of drug-likeness (QED) is 0.818. The fourth-order valence-corrected chi connectivity index (χ4v) is 1.86. The van der Waals surface area contributed by atoms with E-state index in [1.165, 1.54) is 11.5 Å². The SMILES string of the molecule is CCC[C](c1ccc(C(=O)O)cc1)C(C)C. The third-order valence-electron chi connectivity index (χ3n) is 2.72. The zero-order valence-electron chi connectivity index (χ0n) is 10.2. The Balaban J connectivity index is 2.89. The molecule has 1 aromatic carbocycles. The van der Waals surface area contributed by atoms with Crippen LogP contribution in [-0.4, -0.2) is 11.1 Å². The number of hydrogen-bond acceptors (Lipinski definition) is 1. The van der Waals surface area contributed by atoms with Crippen molar-refractivity contribution in [3.63, 3.8) is 0 Å². The van der Waals surface area contributed by atoms with Gasteiger partial charge in [0.15, 0.2) is 0 Å². The molecule has 0 heterocycles. The first kappa shape index (κ1) is 12.8. The van der Waals surface area contributed by atoms with Gasteiger partial charge in [-0.15, -0.1) is 0 Å². The van der Waals surface area contributed by atoms with Crippen LogP contribution in [0.15, 0.2) is 24.3 Å². The van der Waals surface area contributed by atoms with Gasteiger partial charge in [0.05, 0.1) is 5.56 Å². The molecule has 2 nitrogen and oxygen atoms in total. The van der Waals surface area contributed by atoms with Gasteiger partial charge in [-0.1, -0.05) is 39.3 Å². The highest BCUT2D eigenvalue weighted by molar-refractivity contribution is 5.87. The molecule has 87 valence electrons. The lowest BCUT2D eigenvalue weighted by molar-refractivity contribution is 0.0697. The summed E-state index contributed by atoms with van der Waals surface area (Å²) in [7, 11) is 0. The van der Waals surface area contributed by atoms with Crippen LogP contribution in [0.1, 0.15) is 49.5 Å². The second-order valence-electron chi connectivity index (χ2n) is 4.31. The van der Waals surface area contributed by atoms with Crippen LogP contribution in [0.25, 0.3) is 0 Å². The van der Waals surface area contributed by atoms with E-state index in [1.54, 1.807) is 12.1 Å². The van der Waals surface area contributed by atoms with Gasteiger partial charge in [0, 0.05) is 5.92 Å². The minimum absolute atomic E-state index is 0.350. The monoisotopic (exact) mass is 219 g/mol. The number of carboxylic acid groups (broad SMARTS) is 1. The van der Waals surface area contributed by atoms with Crippen LogP contribution in [-0.2, 0) is 0 Å². The Morgan fingerprint density at radius 1 is 1.19 bits per heavy atom. The first-order chi connectivity index (χ1) is 7.56. The van der Waals surface area contributed by atoms with Gasteiger partial charge in [0.25, 0.3) is 0 Å². The maximum atomic E-state index is 10.7. The standard InChI is InChI=1S/C14H19O2/c1-4-5-13(10(2)3)11-6-8-12(9-7-11)14(15)16/h6-10H,4-5H2,1-3H3,(H,15,16). The van der Waals surface area contributed by atoms with Gasteiger partial charge in [-0.3, -0.25) is 0 Å². The summed E-state index contributed by atoms with van der Waals surface area (Å²) in [6.45, 7) is 6.51. The number of benzene rings is 1. The molecular weight excluding hydrogens is 200 g/mol. The van der Waals surface area contributed by atoms with Crippen molar-refractivity contribution in [3.05, 3.63) is 41.3 Å². The van der Waals surface area contributed by atoms with Gasteiger partial charge in [-0.25, -0.2) is 4.79 Å². The van der Waals surface area contributed by atoms with Crippen molar-refractivity contribution in [2.75, 3.05) is 0 Å². The van der Waals surface area contributed by atoms with E-state index in [1.807, 2.05) is 12.1 Å². The van der Waals surface area contributed by atoms with E-state index in [4.69, 9.17) is 5.11 Å². The Bertz CT molecular complexity index is 338. The predicted molar refractivity (Wildman–Crippen MR) is 65.5 cm³/mol. The lowest BCUT2D eigenvalue weighted by Crippen LogP contribution is -2.08. The van der Waals surface area contributed by atoms with Crippen molar-refractivity contribution in [2.24, 2.45) is 5.92 Å². The maximum Gasteiger partial charge on any atom is 0.335 e. The summed E-state index contributed by atoms with van der Waals surface area (Å²) >= 11 is 0. The molecule has 0 aliphatic heterocycles. The Kier molecular flexibility index (Phi) is 4.53. The summed E-state index contributed by atoms with van der Waals surface area (Å²) in [5, 5.41) is 8.82. The van der Waals surface area contributed by atoms with Crippen molar-refractivity contribution in [1.29, 1.82) is 0 Å². The zero-order valence-corrected chi connectivity index (χ0v) is 10.2. The lowest BCUT2D eigenvalue weighted by atomic mass is 9.85. The Labute approximate surface area is 97.3 Å². The smallest absolute Gasteiger partial charge is 0.335 e. The summed E-state index contributed by atoms with van der Waals surface area (Å²) in [5.74, 6) is 1.04. The third-order valence-corrected chi connectivity index (χ3v) is 2.72. The van der Waals surface area contributed by atoms with Crippen molar-refractivity contribution in [3.8, 4) is 0 Å². The maximum absolute atomic E-state index is 10.7. The molecule has 0 aliphatic carbocycles. The molecule has 2 heteroatoms. The molecule has 0 unspecified atom stereocenters. The first-order valence-electron chi connectivity index (χ1n) is 5.75. The molecule has 0 spiro atoms. The van der Waals surface area contributed by atoms with E-state index in [2.05, 4.69) is 20.8 Å². The van der Waals surface area contributed by atoms with Crippen molar-refractivity contribution >= 4 is 5.97 Å². The highest BCUT2D eigenvalue weighted by Gasteiger charge is 2.15. The fourth-order valence-electron chi connectivity index (χ4n) is 1.86. The number of aromatic carboxylic acids is 1. The summed E-state index contributed by atoms with van der Waals surface area (Å²) < 4.78 is 0. The van der Waals surface area contributed by atoms with Crippen molar-refractivity contribution in [2.45, 2.75) is 33.6 Å². The summed E-state index contributed by atoms with van der Waals surface area (Å²) in [4.78, 5) is 10.7. The third kappa shape index (κ3) is 3.09. The average Bonchev–Trinajstić information content (AvgIpc) is 2.25. The van der Waals surface area contributed by atoms with Gasteiger partial charge < -0.3 is 5.11 Å². The van der Waals surface area contributed by atoms with Crippen LogP contribution in [0.3, 0.4) is 0 Å². The Morgan fingerprint density at radius 3 is 2.06 bits per heavy atom. The number of rotatable bonds is 5. The Hall–Kier alpha value is -1.31. The summed E-state index contributed by atoms with van der Waals surface area (Å²) in [6, 6.07) is 7.17. The topological polar surface area (TPSA) is 37.3 Å². The highest BCUT2D eigenvalue weighted by Crippen LogP contribution is 2.28. The minimum atomic E-state index is -0.867. The van der Waals surface area contributed by atoms with E-state index in [0.29, 0.717) is 11.5 Å². The van der Waals surface area contributed by atoms with Crippen LogP contribution in [0, 0.1) is 11.8 Å². The van der Waals surface area contributed by atoms with E-state index in [0.717, 1.165) is 12.8 Å². The molecule has 0 aromatic heterocycles. The second kappa shape index (κ2) is 5.69. The van der Waals surface area contributed by atoms with Crippen LogP contribution >= 0.6 is 0 Å². The lowest BCUT2D eigenvalue weighted by Gasteiger charge is -2.20. The van der Waals surface area contributed by atoms with Gasteiger partial charge in [0.2, 0.25) is 0 Å². The van der Waals surface area contributed by atoms with Gasteiger partial charge in [0.1, 0.15) is 0 Å². The van der Waals surface area contributed by atoms with Crippen LogP contribution in [0.2, 0.25) is 0 Å². The van der Waals surface area contributed by atoms with E-state index < -0.39 is 5.97 Å². The molecule has 16 heavy (non-hydrogen) atoms. The first-order valence-corrected chi connectivity index (χ1v) is 5.75. The minimum Gasteiger partial charge on any atom is -0.478 e. The molecule has 1 rings (SSSR count). The normalized spacial score (nSPS) is 11.1.